The lowest BCUT2D eigenvalue weighted by Gasteiger charge is -2.53. The average Bonchev–Trinajstić information content (AvgIpc) is 2.92. The summed E-state index contributed by atoms with van der Waals surface area (Å²) in [5, 5.41) is 19.2. The predicted molar refractivity (Wildman–Crippen MR) is 167 cm³/mol. The van der Waals surface area contributed by atoms with Gasteiger partial charge < -0.3 is 10.2 Å². The van der Waals surface area contributed by atoms with Gasteiger partial charge >= 0.3 is 0 Å². The first-order valence-electron chi connectivity index (χ1n) is 15.4. The van der Waals surface area contributed by atoms with Crippen molar-refractivity contribution in [2.75, 3.05) is 6.61 Å². The van der Waals surface area contributed by atoms with Crippen molar-refractivity contribution in [1.82, 2.24) is 5.06 Å². The molecule has 0 amide bonds. The van der Waals surface area contributed by atoms with Gasteiger partial charge in [0.15, 0.2) is 0 Å². The Morgan fingerprint density at radius 2 is 1.38 bits per heavy atom. The first-order valence-corrected chi connectivity index (χ1v) is 15.4. The van der Waals surface area contributed by atoms with Gasteiger partial charge in [-0.15, -0.1) is 0 Å². The summed E-state index contributed by atoms with van der Waals surface area (Å²) in [6.07, 6.45) is 8.04. The normalized spacial score (nSPS) is 19.4. The lowest BCUT2D eigenvalue weighted by molar-refractivity contribution is -0.310. The van der Waals surface area contributed by atoms with E-state index in [1.54, 1.807) is 0 Å². The van der Waals surface area contributed by atoms with Crippen molar-refractivity contribution in [1.29, 1.82) is 0 Å². The van der Waals surface area contributed by atoms with Crippen LogP contribution in [0.25, 0.3) is 0 Å². The molecule has 3 rings (SSSR count). The molecule has 3 unspecified atom stereocenters. The van der Waals surface area contributed by atoms with E-state index in [-0.39, 0.29) is 29.2 Å². The lowest BCUT2D eigenvalue weighted by atomic mass is 9.73. The molecule has 4 nitrogen and oxygen atoms in total. The van der Waals surface area contributed by atoms with Crippen LogP contribution in [0.1, 0.15) is 131 Å². The SMILES string of the molecule is CC.CCCC(C)(CC(ON1C(C)(C)CCCC1(C)C)c1ccccc1)c1ccccc1.CCCC(O)CO. The molecule has 1 aliphatic heterocycles. The van der Waals surface area contributed by atoms with Crippen LogP contribution in [0.2, 0.25) is 0 Å². The minimum absolute atomic E-state index is 0.0274. The average molecular weight is 542 g/mol. The van der Waals surface area contributed by atoms with E-state index >= 15 is 0 Å². The van der Waals surface area contributed by atoms with Gasteiger partial charge in [-0.25, -0.2) is 0 Å². The third-order valence-corrected chi connectivity index (χ3v) is 7.82. The van der Waals surface area contributed by atoms with Crippen LogP contribution in [0, 0.1) is 0 Å². The van der Waals surface area contributed by atoms with Gasteiger partial charge in [0.1, 0.15) is 6.10 Å². The number of benzene rings is 2. The molecule has 2 N–H and O–H groups in total. The summed E-state index contributed by atoms with van der Waals surface area (Å²) < 4.78 is 0. The minimum atomic E-state index is -0.495. The summed E-state index contributed by atoms with van der Waals surface area (Å²) in [4.78, 5) is 7.00. The van der Waals surface area contributed by atoms with Gasteiger partial charge in [0.05, 0.1) is 12.7 Å². The highest BCUT2D eigenvalue weighted by Gasteiger charge is 2.44. The molecule has 4 heteroatoms. The highest BCUT2D eigenvalue weighted by molar-refractivity contribution is 5.26. The molecule has 39 heavy (non-hydrogen) atoms. The Hall–Kier alpha value is -1.72. The molecule has 0 radical (unpaired) electrons. The van der Waals surface area contributed by atoms with Crippen LogP contribution < -0.4 is 0 Å². The number of aliphatic hydroxyl groups is 2. The number of hydrogen-bond acceptors (Lipinski definition) is 4. The summed E-state index contributed by atoms with van der Waals surface area (Å²) in [6.45, 7) is 19.9. The van der Waals surface area contributed by atoms with Gasteiger partial charge in [0.25, 0.3) is 0 Å². The minimum Gasteiger partial charge on any atom is -0.394 e. The number of hydroxylamine groups is 2. The van der Waals surface area contributed by atoms with E-state index in [1.807, 2.05) is 20.8 Å². The van der Waals surface area contributed by atoms with Crippen LogP contribution in [-0.2, 0) is 10.3 Å². The molecular weight excluding hydrogens is 482 g/mol. The number of piperidine rings is 1. The van der Waals surface area contributed by atoms with Gasteiger partial charge in [0.2, 0.25) is 0 Å². The Bertz CT molecular complexity index is 867. The molecule has 1 saturated heterocycles. The third kappa shape index (κ3) is 11.0. The summed E-state index contributed by atoms with van der Waals surface area (Å²) >= 11 is 0. The molecule has 222 valence electrons. The van der Waals surface area contributed by atoms with Crippen molar-refractivity contribution in [3.8, 4) is 0 Å². The highest BCUT2D eigenvalue weighted by atomic mass is 16.7. The van der Waals surface area contributed by atoms with E-state index in [0.717, 1.165) is 25.7 Å². The van der Waals surface area contributed by atoms with E-state index < -0.39 is 6.10 Å². The maximum Gasteiger partial charge on any atom is 0.105 e. The Kier molecular flexibility index (Phi) is 15.5. The maximum absolute atomic E-state index is 8.61. The van der Waals surface area contributed by atoms with E-state index in [0.29, 0.717) is 6.42 Å². The topological polar surface area (TPSA) is 52.9 Å². The molecule has 0 aromatic heterocycles. The molecule has 2 aromatic carbocycles. The predicted octanol–water partition coefficient (Wildman–Crippen LogP) is 9.02. The molecule has 2 aromatic rings. The fraction of sp³-hybridized carbons (Fsp3) is 0.657. The Morgan fingerprint density at radius 3 is 1.82 bits per heavy atom. The Morgan fingerprint density at radius 1 is 0.872 bits per heavy atom. The largest absolute Gasteiger partial charge is 0.394 e. The molecule has 1 aliphatic rings. The van der Waals surface area contributed by atoms with Crippen LogP contribution in [0.3, 0.4) is 0 Å². The summed E-state index contributed by atoms with van der Waals surface area (Å²) in [5.41, 5.74) is 2.81. The summed E-state index contributed by atoms with van der Waals surface area (Å²) in [5.74, 6) is 0. The van der Waals surface area contributed by atoms with Gasteiger partial charge in [-0.3, -0.25) is 4.84 Å². The van der Waals surface area contributed by atoms with Gasteiger partial charge in [-0.05, 0) is 82.8 Å². The van der Waals surface area contributed by atoms with E-state index in [9.17, 15) is 0 Å². The summed E-state index contributed by atoms with van der Waals surface area (Å²) in [6, 6.07) is 21.8. The maximum atomic E-state index is 8.61. The van der Waals surface area contributed by atoms with Crippen LogP contribution in [0.4, 0.5) is 0 Å². The van der Waals surface area contributed by atoms with E-state index in [2.05, 4.69) is 107 Å². The number of rotatable bonds is 11. The monoisotopic (exact) mass is 541 g/mol. The Balaban J connectivity index is 0.000000735. The molecule has 0 bridgehead atoms. The highest BCUT2D eigenvalue weighted by Crippen LogP contribution is 2.44. The van der Waals surface area contributed by atoms with Gasteiger partial charge in [-0.2, -0.15) is 5.06 Å². The van der Waals surface area contributed by atoms with E-state index in [1.165, 1.54) is 30.4 Å². The smallest absolute Gasteiger partial charge is 0.105 e. The third-order valence-electron chi connectivity index (χ3n) is 7.82. The molecule has 1 fully saturated rings. The molecular formula is C35H59NO3. The lowest BCUT2D eigenvalue weighted by Crippen LogP contribution is -2.58. The van der Waals surface area contributed by atoms with Gasteiger partial charge in [-0.1, -0.05) is 108 Å². The molecule has 3 atom stereocenters. The fourth-order valence-corrected chi connectivity index (χ4v) is 5.86. The molecule has 0 aliphatic carbocycles. The first kappa shape index (κ1) is 35.3. The zero-order chi connectivity index (χ0) is 29.5. The van der Waals surface area contributed by atoms with Gasteiger partial charge in [0, 0.05) is 11.1 Å². The zero-order valence-electron chi connectivity index (χ0n) is 26.5. The van der Waals surface area contributed by atoms with Crippen molar-refractivity contribution in [3.63, 3.8) is 0 Å². The van der Waals surface area contributed by atoms with Crippen molar-refractivity contribution in [3.05, 3.63) is 71.8 Å². The summed E-state index contributed by atoms with van der Waals surface area (Å²) in [7, 11) is 0. The van der Waals surface area contributed by atoms with Crippen LogP contribution >= 0.6 is 0 Å². The standard InChI is InChI=1S/C28H41NO.C5H12O2.C2H6/c1-7-19-28(6,24-17-12-9-13-18-24)22-25(23-15-10-8-11-16-23)30-29-26(2,3)20-14-21-27(29,4)5;1-2-3-5(7)4-6;1-2/h8-13,15-18,25H,7,14,19-22H2,1-6H3;5-7H,2-4H2,1H3;1-2H3. The molecule has 0 spiro atoms. The number of nitrogens with zero attached hydrogens (tertiary/aromatic N) is 1. The number of aliphatic hydroxyl groups excluding tert-OH is 2. The molecule has 0 saturated carbocycles. The van der Waals surface area contributed by atoms with Crippen LogP contribution in [-0.4, -0.2) is 39.1 Å². The second-order valence-electron chi connectivity index (χ2n) is 12.3. The van der Waals surface area contributed by atoms with Crippen molar-refractivity contribution in [2.45, 2.75) is 142 Å². The first-order chi connectivity index (χ1) is 18.5. The quantitative estimate of drug-likeness (QED) is 0.298. The van der Waals surface area contributed by atoms with E-state index in [4.69, 9.17) is 15.1 Å². The Labute approximate surface area is 240 Å². The van der Waals surface area contributed by atoms with Crippen molar-refractivity contribution in [2.24, 2.45) is 0 Å². The number of hydrogen-bond donors (Lipinski definition) is 2. The second-order valence-corrected chi connectivity index (χ2v) is 12.3. The molecule has 1 heterocycles. The van der Waals surface area contributed by atoms with Crippen LogP contribution in [0.5, 0.6) is 0 Å². The van der Waals surface area contributed by atoms with Crippen molar-refractivity contribution < 1.29 is 15.1 Å². The zero-order valence-corrected chi connectivity index (χ0v) is 26.5. The van der Waals surface area contributed by atoms with Crippen molar-refractivity contribution >= 4 is 0 Å². The second kappa shape index (κ2) is 17.2. The fourth-order valence-electron chi connectivity index (χ4n) is 5.86. The van der Waals surface area contributed by atoms with Crippen LogP contribution in [0.15, 0.2) is 60.7 Å².